The number of rotatable bonds is 6. The molecule has 26 heavy (non-hydrogen) atoms. The van der Waals surface area contributed by atoms with E-state index in [1.54, 1.807) is 19.2 Å². The van der Waals surface area contributed by atoms with Crippen LogP contribution in [0.25, 0.3) is 11.5 Å². The number of carbonyl (C=O) groups is 1. The standard InChI is InChI=1S/C19H20N4O3/c1-20-17(24)15-10-8-14(9-11-15)12-22(2)13-23-19(25)26-18(21-23)16-6-4-3-5-7-16/h3-11H,12-13H2,1-2H3,(H,20,24). The first kappa shape index (κ1) is 17.6. The molecule has 1 amide bonds. The molecule has 3 rings (SSSR count). The predicted octanol–water partition coefficient (Wildman–Crippen LogP) is 1.95. The highest BCUT2D eigenvalue weighted by atomic mass is 16.4. The highest BCUT2D eigenvalue weighted by Gasteiger charge is 2.12. The molecule has 0 saturated carbocycles. The molecule has 0 atom stereocenters. The zero-order chi connectivity index (χ0) is 18.5. The number of hydrogen-bond donors (Lipinski definition) is 1. The molecule has 0 bridgehead atoms. The molecule has 1 heterocycles. The van der Waals surface area contributed by atoms with E-state index in [4.69, 9.17) is 4.42 Å². The Balaban J connectivity index is 1.67. The maximum atomic E-state index is 12.0. The summed E-state index contributed by atoms with van der Waals surface area (Å²) in [5.74, 6) is -0.308. The van der Waals surface area contributed by atoms with Gasteiger partial charge in [0.15, 0.2) is 0 Å². The van der Waals surface area contributed by atoms with E-state index in [2.05, 4.69) is 10.4 Å². The minimum atomic E-state index is -0.495. The summed E-state index contributed by atoms with van der Waals surface area (Å²) in [6, 6.07) is 16.6. The average Bonchev–Trinajstić information content (AvgIpc) is 3.03. The fourth-order valence-electron chi connectivity index (χ4n) is 2.59. The quantitative estimate of drug-likeness (QED) is 0.733. The van der Waals surface area contributed by atoms with Gasteiger partial charge in [0.1, 0.15) is 6.67 Å². The first-order valence-corrected chi connectivity index (χ1v) is 8.20. The molecule has 3 aromatic rings. The molecule has 7 nitrogen and oxygen atoms in total. The third-order valence-corrected chi connectivity index (χ3v) is 3.90. The van der Waals surface area contributed by atoms with Crippen molar-refractivity contribution in [2.45, 2.75) is 13.2 Å². The van der Waals surface area contributed by atoms with Crippen LogP contribution in [-0.2, 0) is 13.2 Å². The number of amides is 1. The van der Waals surface area contributed by atoms with Crippen molar-refractivity contribution in [3.63, 3.8) is 0 Å². The largest absolute Gasteiger partial charge is 0.438 e. The minimum Gasteiger partial charge on any atom is -0.388 e. The van der Waals surface area contributed by atoms with E-state index in [1.807, 2.05) is 54.4 Å². The zero-order valence-electron chi connectivity index (χ0n) is 14.7. The Hall–Kier alpha value is -3.19. The molecule has 134 valence electrons. The van der Waals surface area contributed by atoms with E-state index in [9.17, 15) is 9.59 Å². The molecule has 1 N–H and O–H groups in total. The van der Waals surface area contributed by atoms with Gasteiger partial charge in [-0.15, -0.1) is 5.10 Å². The lowest BCUT2D eigenvalue weighted by Gasteiger charge is -2.15. The van der Waals surface area contributed by atoms with Crippen molar-refractivity contribution in [1.29, 1.82) is 0 Å². The molecular weight excluding hydrogens is 332 g/mol. The molecule has 0 aliphatic carbocycles. The van der Waals surface area contributed by atoms with Crippen LogP contribution in [0.15, 0.2) is 63.8 Å². The Morgan fingerprint density at radius 2 is 1.85 bits per heavy atom. The number of benzene rings is 2. The van der Waals surface area contributed by atoms with Gasteiger partial charge in [-0.25, -0.2) is 4.79 Å². The van der Waals surface area contributed by atoms with E-state index in [0.717, 1.165) is 11.1 Å². The Morgan fingerprint density at radius 3 is 2.50 bits per heavy atom. The van der Waals surface area contributed by atoms with Crippen molar-refractivity contribution < 1.29 is 9.21 Å². The smallest absolute Gasteiger partial charge is 0.388 e. The zero-order valence-corrected chi connectivity index (χ0v) is 14.7. The van der Waals surface area contributed by atoms with Crippen LogP contribution in [-0.4, -0.2) is 34.7 Å². The van der Waals surface area contributed by atoms with Gasteiger partial charge in [-0.2, -0.15) is 4.68 Å². The molecular formula is C19H20N4O3. The maximum absolute atomic E-state index is 12.0. The fraction of sp³-hybridized carbons (Fsp3) is 0.211. The Morgan fingerprint density at radius 1 is 1.15 bits per heavy atom. The minimum absolute atomic E-state index is 0.118. The van der Waals surface area contributed by atoms with Crippen molar-refractivity contribution >= 4 is 5.91 Å². The second kappa shape index (κ2) is 7.79. The summed E-state index contributed by atoms with van der Waals surface area (Å²) in [4.78, 5) is 25.5. The fourth-order valence-corrected chi connectivity index (χ4v) is 2.59. The van der Waals surface area contributed by atoms with Crippen LogP contribution in [0, 0.1) is 0 Å². The normalized spacial score (nSPS) is 10.9. The van der Waals surface area contributed by atoms with Crippen LogP contribution in [0.2, 0.25) is 0 Å². The van der Waals surface area contributed by atoms with E-state index in [1.165, 1.54) is 4.68 Å². The molecule has 0 radical (unpaired) electrons. The summed E-state index contributed by atoms with van der Waals surface area (Å²) in [6.45, 7) is 0.903. The van der Waals surface area contributed by atoms with Crippen LogP contribution < -0.4 is 11.1 Å². The molecule has 1 aromatic heterocycles. The van der Waals surface area contributed by atoms with Gasteiger partial charge in [0, 0.05) is 24.7 Å². The van der Waals surface area contributed by atoms with Gasteiger partial charge in [0.2, 0.25) is 5.89 Å². The Kier molecular flexibility index (Phi) is 5.28. The van der Waals surface area contributed by atoms with Crippen LogP contribution in [0.1, 0.15) is 15.9 Å². The van der Waals surface area contributed by atoms with Crippen molar-refractivity contribution in [1.82, 2.24) is 20.0 Å². The summed E-state index contributed by atoms with van der Waals surface area (Å²) in [6.07, 6.45) is 0. The van der Waals surface area contributed by atoms with Crippen LogP contribution >= 0.6 is 0 Å². The lowest BCUT2D eigenvalue weighted by molar-refractivity contribution is 0.0963. The number of carbonyl (C=O) groups excluding carboxylic acids is 1. The molecule has 0 saturated heterocycles. The molecule has 2 aromatic carbocycles. The van der Waals surface area contributed by atoms with Crippen LogP contribution in [0.3, 0.4) is 0 Å². The second-order valence-corrected chi connectivity index (χ2v) is 5.97. The van der Waals surface area contributed by atoms with Crippen LogP contribution in [0.4, 0.5) is 0 Å². The highest BCUT2D eigenvalue weighted by Crippen LogP contribution is 2.14. The Labute approximate surface area is 150 Å². The van der Waals surface area contributed by atoms with Gasteiger partial charge in [-0.3, -0.25) is 9.69 Å². The lowest BCUT2D eigenvalue weighted by Crippen LogP contribution is -2.28. The third-order valence-electron chi connectivity index (χ3n) is 3.90. The maximum Gasteiger partial charge on any atom is 0.438 e. The summed E-state index contributed by atoms with van der Waals surface area (Å²) < 4.78 is 6.52. The monoisotopic (exact) mass is 352 g/mol. The predicted molar refractivity (Wildman–Crippen MR) is 97.5 cm³/mol. The number of aromatic nitrogens is 2. The molecule has 0 aliphatic heterocycles. The topological polar surface area (TPSA) is 80.4 Å². The third kappa shape index (κ3) is 4.07. The Bertz CT molecular complexity index is 929. The van der Waals surface area contributed by atoms with Crippen molar-refractivity contribution in [3.8, 4) is 11.5 Å². The molecule has 7 heteroatoms. The van der Waals surface area contributed by atoms with Crippen molar-refractivity contribution in [2.24, 2.45) is 0 Å². The first-order valence-electron chi connectivity index (χ1n) is 8.20. The lowest BCUT2D eigenvalue weighted by atomic mass is 10.1. The average molecular weight is 352 g/mol. The SMILES string of the molecule is CNC(=O)c1ccc(CN(C)Cn2nc(-c3ccccc3)oc2=O)cc1. The van der Waals surface area contributed by atoms with Gasteiger partial charge in [-0.1, -0.05) is 30.3 Å². The van der Waals surface area contributed by atoms with E-state index < -0.39 is 5.76 Å². The van der Waals surface area contributed by atoms with Crippen molar-refractivity contribution in [2.75, 3.05) is 14.1 Å². The second-order valence-electron chi connectivity index (χ2n) is 5.97. The first-order chi connectivity index (χ1) is 12.6. The number of hydrogen-bond acceptors (Lipinski definition) is 5. The van der Waals surface area contributed by atoms with Gasteiger partial charge >= 0.3 is 5.76 Å². The highest BCUT2D eigenvalue weighted by molar-refractivity contribution is 5.93. The summed E-state index contributed by atoms with van der Waals surface area (Å²) in [7, 11) is 3.49. The number of nitrogens with one attached hydrogen (secondary N) is 1. The van der Waals surface area contributed by atoms with E-state index in [-0.39, 0.29) is 5.91 Å². The van der Waals surface area contributed by atoms with Crippen LogP contribution in [0.5, 0.6) is 0 Å². The molecule has 0 spiro atoms. The van der Waals surface area contributed by atoms with E-state index >= 15 is 0 Å². The summed E-state index contributed by atoms with van der Waals surface area (Å²) in [5.41, 5.74) is 2.40. The van der Waals surface area contributed by atoms with Gasteiger partial charge in [0.25, 0.3) is 5.91 Å². The molecule has 0 unspecified atom stereocenters. The summed E-state index contributed by atoms with van der Waals surface area (Å²) in [5, 5.41) is 6.84. The van der Waals surface area contributed by atoms with Gasteiger partial charge in [-0.05, 0) is 36.9 Å². The van der Waals surface area contributed by atoms with E-state index in [0.29, 0.717) is 24.7 Å². The molecule has 0 fully saturated rings. The number of nitrogens with zero attached hydrogens (tertiary/aromatic N) is 3. The van der Waals surface area contributed by atoms with Gasteiger partial charge < -0.3 is 9.73 Å². The van der Waals surface area contributed by atoms with Gasteiger partial charge in [0.05, 0.1) is 0 Å². The van der Waals surface area contributed by atoms with Crippen molar-refractivity contribution in [3.05, 3.63) is 76.3 Å². The molecule has 0 aliphatic rings. The summed E-state index contributed by atoms with van der Waals surface area (Å²) >= 11 is 0.